The van der Waals surface area contributed by atoms with E-state index in [-0.39, 0.29) is 5.91 Å². The zero-order valence-electron chi connectivity index (χ0n) is 26.4. The van der Waals surface area contributed by atoms with Gasteiger partial charge in [0.05, 0.1) is 76.7 Å². The third kappa shape index (κ3) is 11.9. The van der Waals surface area contributed by atoms with Crippen molar-refractivity contribution < 1.29 is 28.5 Å². The van der Waals surface area contributed by atoms with Crippen LogP contribution in [0, 0.1) is 0 Å². The second-order valence-electron chi connectivity index (χ2n) is 10.5. The Labute approximate surface area is 279 Å². The van der Waals surface area contributed by atoms with Crippen molar-refractivity contribution in [2.45, 2.75) is 6.42 Å². The molecule has 1 fully saturated rings. The third-order valence-corrected chi connectivity index (χ3v) is 7.43. The summed E-state index contributed by atoms with van der Waals surface area (Å²) in [6.45, 7) is 7.05. The largest absolute Gasteiger partial charge is 0.379 e. The van der Waals surface area contributed by atoms with E-state index in [0.29, 0.717) is 107 Å². The van der Waals surface area contributed by atoms with Crippen LogP contribution in [-0.4, -0.2) is 112 Å². The van der Waals surface area contributed by atoms with Gasteiger partial charge in [-0.05, 0) is 36.4 Å². The Morgan fingerprint density at radius 2 is 1.43 bits per heavy atom. The van der Waals surface area contributed by atoms with Crippen molar-refractivity contribution in [1.29, 1.82) is 0 Å². The van der Waals surface area contributed by atoms with Gasteiger partial charge in [-0.25, -0.2) is 4.98 Å². The molecule has 6 N–H and O–H groups in total. The van der Waals surface area contributed by atoms with Gasteiger partial charge in [0.15, 0.2) is 5.82 Å². The molecule has 0 atom stereocenters. The van der Waals surface area contributed by atoms with E-state index in [4.69, 9.17) is 42.0 Å². The lowest BCUT2D eigenvalue weighted by atomic mass is 10.1. The highest BCUT2D eigenvalue weighted by molar-refractivity contribution is 6.33. The minimum Gasteiger partial charge on any atom is -0.379 e. The highest BCUT2D eigenvalue weighted by atomic mass is 35.5. The van der Waals surface area contributed by atoms with Crippen molar-refractivity contribution in [2.75, 3.05) is 101 Å². The highest BCUT2D eigenvalue weighted by Crippen LogP contribution is 2.27. The molecular formula is C32H43ClN8O6. The molecule has 0 saturated carbocycles. The summed E-state index contributed by atoms with van der Waals surface area (Å²) in [6, 6.07) is 14.7. The Hall–Kier alpha value is -4.05. The van der Waals surface area contributed by atoms with Crippen LogP contribution in [-0.2, 0) is 23.7 Å². The number of ether oxygens (including phenoxy) is 4. The van der Waals surface area contributed by atoms with Crippen molar-refractivity contribution in [1.82, 2.24) is 14.9 Å². The number of nitrogens with zero attached hydrogens (tertiary/aromatic N) is 4. The van der Waals surface area contributed by atoms with Crippen molar-refractivity contribution >= 4 is 52.2 Å². The van der Waals surface area contributed by atoms with Gasteiger partial charge < -0.3 is 50.8 Å². The third-order valence-electron chi connectivity index (χ3n) is 7.15. The van der Waals surface area contributed by atoms with E-state index in [1.165, 1.54) is 6.20 Å². The first kappa shape index (κ1) is 35.8. The maximum atomic E-state index is 12.7. The van der Waals surface area contributed by atoms with Crippen LogP contribution >= 0.6 is 11.6 Å². The van der Waals surface area contributed by atoms with Crippen LogP contribution in [0.25, 0.3) is 0 Å². The molecule has 0 unspecified atom stereocenters. The molecule has 2 heterocycles. The quantitative estimate of drug-likeness (QED) is 0.129. The molecule has 0 aliphatic carbocycles. The van der Waals surface area contributed by atoms with Crippen molar-refractivity contribution in [3.63, 3.8) is 0 Å². The second kappa shape index (κ2) is 19.6. The molecule has 47 heavy (non-hydrogen) atoms. The first-order valence-corrected chi connectivity index (χ1v) is 15.9. The summed E-state index contributed by atoms with van der Waals surface area (Å²) in [5.74, 6) is 0.189. The maximum Gasteiger partial charge on any atom is 0.250 e. The molecule has 1 aromatic heterocycles. The van der Waals surface area contributed by atoms with Crippen LogP contribution in [0.5, 0.6) is 0 Å². The van der Waals surface area contributed by atoms with Gasteiger partial charge in [-0.1, -0.05) is 23.7 Å². The van der Waals surface area contributed by atoms with Gasteiger partial charge in [-0.15, -0.1) is 0 Å². The molecule has 3 aromatic rings. The standard InChI is InChI=1S/C32H43ClN8O6/c33-27-23-36-32(39-31(27)38-28-4-2-1-3-26(28)30(35)43)37-24-5-7-25(8-6-24)40-11-13-41(14-12-40)29(42)9-15-44-17-19-46-21-22-47-20-18-45-16-10-34/h1-8,23H,9-22,34H2,(H2,35,43)(H2,36,37,38,39). The fraction of sp³-hybridized carbons (Fsp3) is 0.438. The predicted octanol–water partition coefficient (Wildman–Crippen LogP) is 2.78. The van der Waals surface area contributed by atoms with Crippen LogP contribution in [0.2, 0.25) is 5.02 Å². The number of hydrogen-bond donors (Lipinski definition) is 4. The lowest BCUT2D eigenvalue weighted by molar-refractivity contribution is -0.132. The number of rotatable bonds is 20. The number of aromatic nitrogens is 2. The van der Waals surface area contributed by atoms with Gasteiger partial charge in [0.25, 0.3) is 5.91 Å². The molecule has 0 bridgehead atoms. The van der Waals surface area contributed by atoms with Crippen LogP contribution in [0.1, 0.15) is 16.8 Å². The molecule has 1 aliphatic heterocycles. The van der Waals surface area contributed by atoms with E-state index < -0.39 is 5.91 Å². The molecule has 254 valence electrons. The molecule has 15 heteroatoms. The lowest BCUT2D eigenvalue weighted by Crippen LogP contribution is -2.49. The Morgan fingerprint density at radius 1 is 0.809 bits per heavy atom. The SMILES string of the molecule is NCCOCCOCCOCCOCCC(=O)N1CCN(c2ccc(Nc3ncc(Cl)c(Nc4ccccc4C(N)=O)n3)cc2)CC1. The average molecular weight is 671 g/mol. The molecule has 14 nitrogen and oxygen atoms in total. The fourth-order valence-electron chi connectivity index (χ4n) is 4.71. The van der Waals surface area contributed by atoms with E-state index in [9.17, 15) is 9.59 Å². The zero-order valence-corrected chi connectivity index (χ0v) is 27.1. The number of amides is 2. The molecular weight excluding hydrogens is 628 g/mol. The van der Waals surface area contributed by atoms with Crippen LogP contribution < -0.4 is 27.0 Å². The topological polar surface area (TPSA) is 179 Å². The van der Waals surface area contributed by atoms with Gasteiger partial charge in [-0.2, -0.15) is 4.98 Å². The normalized spacial score (nSPS) is 13.1. The van der Waals surface area contributed by atoms with Crippen molar-refractivity contribution in [2.24, 2.45) is 11.5 Å². The first-order valence-electron chi connectivity index (χ1n) is 15.5. The number of benzene rings is 2. The average Bonchev–Trinajstić information content (AvgIpc) is 3.09. The summed E-state index contributed by atoms with van der Waals surface area (Å²) in [6.07, 6.45) is 1.82. The van der Waals surface area contributed by atoms with E-state index >= 15 is 0 Å². The Bertz CT molecular complexity index is 1410. The van der Waals surface area contributed by atoms with E-state index in [1.54, 1.807) is 24.3 Å². The summed E-state index contributed by atoms with van der Waals surface area (Å²) in [5, 5.41) is 6.54. The Kier molecular flexibility index (Phi) is 14.9. The minimum absolute atomic E-state index is 0.0882. The molecule has 0 spiro atoms. The number of para-hydroxylation sites is 1. The van der Waals surface area contributed by atoms with E-state index in [2.05, 4.69) is 25.5 Å². The predicted molar refractivity (Wildman–Crippen MR) is 181 cm³/mol. The number of carbonyl (C=O) groups is 2. The minimum atomic E-state index is -0.563. The van der Waals surface area contributed by atoms with Gasteiger partial charge in [0.1, 0.15) is 5.02 Å². The van der Waals surface area contributed by atoms with Crippen LogP contribution in [0.15, 0.2) is 54.7 Å². The van der Waals surface area contributed by atoms with Gasteiger partial charge >= 0.3 is 0 Å². The van der Waals surface area contributed by atoms with Gasteiger partial charge in [-0.3, -0.25) is 9.59 Å². The van der Waals surface area contributed by atoms with Crippen LogP contribution in [0.4, 0.5) is 28.8 Å². The fourth-order valence-corrected chi connectivity index (χ4v) is 4.85. The molecule has 0 radical (unpaired) electrons. The first-order chi connectivity index (χ1) is 22.9. The number of nitrogens with two attached hydrogens (primary N) is 2. The van der Waals surface area contributed by atoms with E-state index in [1.807, 2.05) is 29.2 Å². The summed E-state index contributed by atoms with van der Waals surface area (Å²) >= 11 is 6.31. The summed E-state index contributed by atoms with van der Waals surface area (Å²) in [7, 11) is 0. The zero-order chi connectivity index (χ0) is 33.3. The van der Waals surface area contributed by atoms with Crippen LogP contribution in [0.3, 0.4) is 0 Å². The van der Waals surface area contributed by atoms with E-state index in [0.717, 1.165) is 24.5 Å². The number of halogens is 1. The van der Waals surface area contributed by atoms with Gasteiger partial charge in [0, 0.05) is 44.1 Å². The molecule has 2 amide bonds. The summed E-state index contributed by atoms with van der Waals surface area (Å²) in [4.78, 5) is 37.3. The maximum absolute atomic E-state index is 12.7. The number of piperazine rings is 1. The second-order valence-corrected chi connectivity index (χ2v) is 10.9. The number of hydrogen-bond acceptors (Lipinski definition) is 12. The number of carbonyl (C=O) groups excluding carboxylic acids is 2. The Balaban J connectivity index is 1.13. The van der Waals surface area contributed by atoms with Crippen molar-refractivity contribution in [3.05, 3.63) is 65.3 Å². The summed E-state index contributed by atoms with van der Waals surface area (Å²) < 4.78 is 21.7. The lowest BCUT2D eigenvalue weighted by Gasteiger charge is -2.36. The molecule has 2 aromatic carbocycles. The highest BCUT2D eigenvalue weighted by Gasteiger charge is 2.21. The smallest absolute Gasteiger partial charge is 0.250 e. The monoisotopic (exact) mass is 670 g/mol. The Morgan fingerprint density at radius 3 is 2.06 bits per heavy atom. The summed E-state index contributed by atoms with van der Waals surface area (Å²) in [5.41, 5.74) is 13.5. The molecule has 1 saturated heterocycles. The number of nitrogens with one attached hydrogen (secondary N) is 2. The molecule has 4 rings (SSSR count). The number of primary amides is 1. The van der Waals surface area contributed by atoms with Gasteiger partial charge in [0.2, 0.25) is 11.9 Å². The van der Waals surface area contributed by atoms with Crippen molar-refractivity contribution in [3.8, 4) is 0 Å². The molecule has 1 aliphatic rings. The number of anilines is 5.